The van der Waals surface area contributed by atoms with E-state index in [0.29, 0.717) is 25.0 Å². The summed E-state index contributed by atoms with van der Waals surface area (Å²) in [5, 5.41) is 13.3. The molecule has 2 aliphatic rings. The summed E-state index contributed by atoms with van der Waals surface area (Å²) in [4.78, 5) is 13.8. The highest BCUT2D eigenvalue weighted by molar-refractivity contribution is 5.77. The molecule has 2 fully saturated rings. The summed E-state index contributed by atoms with van der Waals surface area (Å²) < 4.78 is 0. The number of hydrogen-bond donors (Lipinski definition) is 2. The molecule has 0 spiro atoms. The van der Waals surface area contributed by atoms with Crippen LogP contribution in [0.15, 0.2) is 0 Å². The van der Waals surface area contributed by atoms with E-state index in [0.717, 1.165) is 25.7 Å². The molecule has 3 N–H and O–H groups in total. The zero-order valence-corrected chi connectivity index (χ0v) is 13.4. The van der Waals surface area contributed by atoms with Crippen molar-refractivity contribution >= 4 is 5.91 Å². The molecule has 1 aliphatic carbocycles. The van der Waals surface area contributed by atoms with Gasteiger partial charge in [0.25, 0.3) is 0 Å². The van der Waals surface area contributed by atoms with Gasteiger partial charge in [0, 0.05) is 25.2 Å². The molecule has 1 amide bonds. The van der Waals surface area contributed by atoms with Gasteiger partial charge >= 0.3 is 0 Å². The van der Waals surface area contributed by atoms with Crippen LogP contribution in [0.2, 0.25) is 0 Å². The molecule has 118 valence electrons. The van der Waals surface area contributed by atoms with Crippen LogP contribution < -0.4 is 11.1 Å². The van der Waals surface area contributed by atoms with E-state index in [1.165, 1.54) is 0 Å². The lowest BCUT2D eigenvalue weighted by Crippen LogP contribution is -2.59. The number of likely N-dealkylation sites (tertiary alicyclic amines) is 1. The average molecular weight is 292 g/mol. The Balaban J connectivity index is 2.11. The number of amides is 1. The smallest absolute Gasteiger partial charge is 0.221 e. The number of carbonyl (C=O) groups excluding carboxylic acids is 1. The summed E-state index contributed by atoms with van der Waals surface area (Å²) in [7, 11) is 0. The van der Waals surface area contributed by atoms with Crippen molar-refractivity contribution in [2.24, 2.45) is 17.6 Å². The number of hydrogen-bond acceptors (Lipinski definition) is 4. The van der Waals surface area contributed by atoms with Gasteiger partial charge in [-0.1, -0.05) is 0 Å². The topological polar surface area (TPSA) is 82.2 Å². The summed E-state index contributed by atoms with van der Waals surface area (Å²) >= 11 is 0. The molecule has 5 heteroatoms. The summed E-state index contributed by atoms with van der Waals surface area (Å²) in [6.45, 7) is 7.73. The molecular formula is C16H28N4O. The third-order valence-corrected chi connectivity index (χ3v) is 4.89. The number of nitrogens with two attached hydrogens (primary N) is 1. The van der Waals surface area contributed by atoms with Crippen LogP contribution in [0, 0.1) is 23.2 Å². The van der Waals surface area contributed by atoms with E-state index in [4.69, 9.17) is 5.73 Å². The van der Waals surface area contributed by atoms with Crippen molar-refractivity contribution in [1.82, 2.24) is 10.2 Å². The van der Waals surface area contributed by atoms with E-state index in [-0.39, 0.29) is 17.9 Å². The Morgan fingerprint density at radius 1 is 1.43 bits per heavy atom. The molecule has 0 aromatic carbocycles. The molecular weight excluding hydrogens is 264 g/mol. The highest BCUT2D eigenvalue weighted by Crippen LogP contribution is 2.41. The van der Waals surface area contributed by atoms with Gasteiger partial charge in [0.05, 0.1) is 12.0 Å². The summed E-state index contributed by atoms with van der Waals surface area (Å²) in [6.07, 6.45) is 4.08. The molecule has 21 heavy (non-hydrogen) atoms. The quantitative estimate of drug-likeness (QED) is 0.771. The second-order valence-corrected chi connectivity index (χ2v) is 7.11. The first-order valence-corrected chi connectivity index (χ1v) is 8.10. The molecule has 1 saturated carbocycles. The first-order valence-electron chi connectivity index (χ1n) is 8.10. The zero-order chi connectivity index (χ0) is 15.6. The van der Waals surface area contributed by atoms with Crippen LogP contribution in [0.5, 0.6) is 0 Å². The van der Waals surface area contributed by atoms with E-state index in [1.54, 1.807) is 0 Å². The van der Waals surface area contributed by atoms with Gasteiger partial charge in [-0.3, -0.25) is 15.0 Å². The Kier molecular flexibility index (Phi) is 4.90. The minimum atomic E-state index is -0.484. The third kappa shape index (κ3) is 3.75. The fourth-order valence-electron chi connectivity index (χ4n) is 3.50. The molecule has 1 saturated heterocycles. The maximum atomic E-state index is 11.5. The fourth-order valence-corrected chi connectivity index (χ4v) is 3.50. The SMILES string of the molecule is CC(C)NC(C#N)(CN1CC(C(N)=O)CCC1C)C1CC1. The lowest BCUT2D eigenvalue weighted by atomic mass is 9.88. The van der Waals surface area contributed by atoms with Crippen molar-refractivity contribution in [3.8, 4) is 6.07 Å². The van der Waals surface area contributed by atoms with Crippen molar-refractivity contribution in [1.29, 1.82) is 5.26 Å². The number of carbonyl (C=O) groups is 1. The van der Waals surface area contributed by atoms with Crippen LogP contribution in [0.25, 0.3) is 0 Å². The van der Waals surface area contributed by atoms with E-state index < -0.39 is 5.54 Å². The van der Waals surface area contributed by atoms with Gasteiger partial charge in [-0.2, -0.15) is 5.26 Å². The van der Waals surface area contributed by atoms with E-state index >= 15 is 0 Å². The van der Waals surface area contributed by atoms with E-state index in [2.05, 4.69) is 37.1 Å². The second kappa shape index (κ2) is 6.33. The average Bonchev–Trinajstić information content (AvgIpc) is 3.24. The van der Waals surface area contributed by atoms with Crippen LogP contribution >= 0.6 is 0 Å². The third-order valence-electron chi connectivity index (χ3n) is 4.89. The molecule has 5 nitrogen and oxygen atoms in total. The minimum absolute atomic E-state index is 0.0733. The number of primary amides is 1. The highest BCUT2D eigenvalue weighted by atomic mass is 16.1. The Labute approximate surface area is 127 Å². The van der Waals surface area contributed by atoms with Crippen LogP contribution in [0.4, 0.5) is 0 Å². The Bertz CT molecular complexity index is 426. The largest absolute Gasteiger partial charge is 0.369 e. The van der Waals surface area contributed by atoms with Crippen LogP contribution in [0.1, 0.15) is 46.5 Å². The number of piperidine rings is 1. The summed E-state index contributed by atoms with van der Waals surface area (Å²) in [6, 6.07) is 3.23. The molecule has 0 bridgehead atoms. The number of rotatable bonds is 6. The highest BCUT2D eigenvalue weighted by Gasteiger charge is 2.48. The maximum Gasteiger partial charge on any atom is 0.221 e. The fraction of sp³-hybridized carbons (Fsp3) is 0.875. The number of nitrogens with one attached hydrogen (secondary N) is 1. The van der Waals surface area contributed by atoms with Crippen LogP contribution in [-0.4, -0.2) is 41.5 Å². The van der Waals surface area contributed by atoms with Crippen LogP contribution in [-0.2, 0) is 4.79 Å². The van der Waals surface area contributed by atoms with Gasteiger partial charge in [-0.25, -0.2) is 0 Å². The van der Waals surface area contributed by atoms with Gasteiger partial charge < -0.3 is 5.73 Å². The van der Waals surface area contributed by atoms with E-state index in [1.807, 2.05) is 0 Å². The standard InChI is InChI=1S/C16H28N4O/c1-11(2)19-16(9-17,14-6-7-14)10-20-8-13(15(18)21)5-4-12(20)3/h11-14,19H,4-8,10H2,1-3H3,(H2,18,21). The maximum absolute atomic E-state index is 11.5. The molecule has 3 unspecified atom stereocenters. The lowest BCUT2D eigenvalue weighted by molar-refractivity contribution is -0.124. The van der Waals surface area contributed by atoms with Crippen LogP contribution in [0.3, 0.4) is 0 Å². The van der Waals surface area contributed by atoms with Crippen molar-refractivity contribution in [3.05, 3.63) is 0 Å². The monoisotopic (exact) mass is 292 g/mol. The lowest BCUT2D eigenvalue weighted by Gasteiger charge is -2.42. The first kappa shape index (κ1) is 16.3. The number of nitrogens with zero attached hydrogens (tertiary/aromatic N) is 2. The Morgan fingerprint density at radius 2 is 2.10 bits per heavy atom. The predicted octanol–water partition coefficient (Wildman–Crippen LogP) is 1.24. The van der Waals surface area contributed by atoms with Crippen molar-refractivity contribution in [2.75, 3.05) is 13.1 Å². The molecule has 1 aliphatic heterocycles. The molecule has 3 atom stereocenters. The van der Waals surface area contributed by atoms with Gasteiger partial charge in [0.1, 0.15) is 5.54 Å². The number of nitriles is 1. The first-order chi connectivity index (χ1) is 9.88. The second-order valence-electron chi connectivity index (χ2n) is 7.11. The molecule has 0 aromatic heterocycles. The summed E-state index contributed by atoms with van der Waals surface area (Å²) in [5.74, 6) is 0.152. The van der Waals surface area contributed by atoms with Gasteiger partial charge in [-0.05, 0) is 52.4 Å². The predicted molar refractivity (Wildman–Crippen MR) is 82.3 cm³/mol. The van der Waals surface area contributed by atoms with E-state index in [9.17, 15) is 10.1 Å². The molecule has 0 aromatic rings. The van der Waals surface area contributed by atoms with Gasteiger partial charge in [0.15, 0.2) is 0 Å². The van der Waals surface area contributed by atoms with Crippen molar-refractivity contribution < 1.29 is 4.79 Å². The van der Waals surface area contributed by atoms with Crippen molar-refractivity contribution in [3.63, 3.8) is 0 Å². The van der Waals surface area contributed by atoms with Gasteiger partial charge in [0.2, 0.25) is 5.91 Å². The molecule has 0 radical (unpaired) electrons. The molecule has 1 heterocycles. The minimum Gasteiger partial charge on any atom is -0.369 e. The Hall–Kier alpha value is -1.12. The zero-order valence-electron chi connectivity index (χ0n) is 13.4. The normalized spacial score (nSPS) is 29.9. The Morgan fingerprint density at radius 3 is 2.57 bits per heavy atom. The van der Waals surface area contributed by atoms with Gasteiger partial charge in [-0.15, -0.1) is 0 Å². The summed E-state index contributed by atoms with van der Waals surface area (Å²) in [5.41, 5.74) is 4.99. The molecule has 2 rings (SSSR count). The van der Waals surface area contributed by atoms with Crippen molar-refractivity contribution in [2.45, 2.75) is 64.1 Å².